The first-order chi connectivity index (χ1) is 5.58. The van der Waals surface area contributed by atoms with E-state index < -0.39 is 11.8 Å². The van der Waals surface area contributed by atoms with E-state index in [4.69, 9.17) is 11.6 Å². The molecule has 64 valence electrons. The van der Waals surface area contributed by atoms with Crippen LogP contribution in [0.1, 0.15) is 5.56 Å². The minimum atomic E-state index is -1.25. The lowest BCUT2D eigenvalue weighted by Crippen LogP contribution is -2.24. The Balaban J connectivity index is 2.93. The molecule has 0 radical (unpaired) electrons. The normalized spacial score (nSPS) is 9.83. The molecule has 2 nitrogen and oxygen atoms in total. The van der Waals surface area contributed by atoms with E-state index in [1.54, 1.807) is 0 Å². The molecule has 1 aromatic rings. The molecule has 0 aromatic heterocycles. The highest BCUT2D eigenvalue weighted by atomic mass is 35.5. The maximum atomic E-state index is 12.6. The van der Waals surface area contributed by atoms with Crippen molar-refractivity contribution in [2.75, 3.05) is 0 Å². The largest absolute Gasteiger partial charge is 0.550 e. The average molecular weight is 188 g/mol. The number of carbonyl (C=O) groups excluding carboxylic acids is 1. The highest BCUT2D eigenvalue weighted by Gasteiger charge is 1.98. The minimum Gasteiger partial charge on any atom is -0.550 e. The van der Waals surface area contributed by atoms with Gasteiger partial charge in [-0.05, 0) is 23.8 Å². The van der Waals surface area contributed by atoms with Crippen LogP contribution in [0.25, 0.3) is 0 Å². The fraction of sp³-hybridized carbons (Fsp3) is 0.125. The Kier molecular flexibility index (Phi) is 2.65. The van der Waals surface area contributed by atoms with E-state index in [-0.39, 0.29) is 11.4 Å². The second-order valence-corrected chi connectivity index (χ2v) is 2.76. The van der Waals surface area contributed by atoms with Gasteiger partial charge in [-0.15, -0.1) is 0 Å². The van der Waals surface area contributed by atoms with Gasteiger partial charge < -0.3 is 9.90 Å². The number of benzene rings is 1. The van der Waals surface area contributed by atoms with E-state index in [1.165, 1.54) is 6.07 Å². The summed E-state index contributed by atoms with van der Waals surface area (Å²) in [6.07, 6.45) is -0.322. The summed E-state index contributed by atoms with van der Waals surface area (Å²) < 4.78 is 12.6. The summed E-state index contributed by atoms with van der Waals surface area (Å²) in [5, 5.41) is 10.3. The number of aliphatic carboxylic acids is 1. The molecule has 0 saturated heterocycles. The Hall–Kier alpha value is -1.09. The van der Waals surface area contributed by atoms with Gasteiger partial charge in [-0.25, -0.2) is 4.39 Å². The van der Waals surface area contributed by atoms with Crippen LogP contribution in [0, 0.1) is 5.82 Å². The molecule has 12 heavy (non-hydrogen) atoms. The molecule has 0 aliphatic rings. The first-order valence-corrected chi connectivity index (χ1v) is 3.60. The zero-order valence-electron chi connectivity index (χ0n) is 6.01. The molecule has 0 N–H and O–H groups in total. The van der Waals surface area contributed by atoms with Crippen LogP contribution in [0.15, 0.2) is 18.2 Å². The van der Waals surface area contributed by atoms with E-state index in [9.17, 15) is 14.3 Å². The molecule has 0 heterocycles. The Labute approximate surface area is 73.6 Å². The number of rotatable bonds is 2. The van der Waals surface area contributed by atoms with Gasteiger partial charge in [0.2, 0.25) is 0 Å². The molecular formula is C8H5ClFO2-. The lowest BCUT2D eigenvalue weighted by molar-refractivity contribution is -0.304. The topological polar surface area (TPSA) is 40.1 Å². The Bertz CT molecular complexity index is 292. The molecule has 1 rings (SSSR count). The molecule has 0 unspecified atom stereocenters. The van der Waals surface area contributed by atoms with E-state index in [1.807, 2.05) is 0 Å². The SMILES string of the molecule is O=C([O-])Cc1cc(F)cc(Cl)c1. The minimum absolute atomic E-state index is 0.186. The fourth-order valence-corrected chi connectivity index (χ4v) is 1.12. The number of hydrogen-bond donors (Lipinski definition) is 0. The molecule has 4 heteroatoms. The first kappa shape index (κ1) is 9.00. The van der Waals surface area contributed by atoms with Crippen LogP contribution < -0.4 is 5.11 Å². The van der Waals surface area contributed by atoms with Crippen molar-refractivity contribution in [2.45, 2.75) is 6.42 Å². The molecular weight excluding hydrogens is 183 g/mol. The Morgan fingerprint density at radius 3 is 2.67 bits per heavy atom. The van der Waals surface area contributed by atoms with E-state index >= 15 is 0 Å². The van der Waals surface area contributed by atoms with Crippen LogP contribution in [0.2, 0.25) is 5.02 Å². The van der Waals surface area contributed by atoms with Gasteiger partial charge in [0, 0.05) is 17.4 Å². The van der Waals surface area contributed by atoms with Crippen molar-refractivity contribution in [3.05, 3.63) is 34.6 Å². The van der Waals surface area contributed by atoms with Crippen LogP contribution in [-0.4, -0.2) is 5.97 Å². The summed E-state index contributed by atoms with van der Waals surface area (Å²) in [5.74, 6) is -1.80. The maximum Gasteiger partial charge on any atom is 0.124 e. The van der Waals surface area contributed by atoms with Gasteiger partial charge in [0.05, 0.1) is 0 Å². The summed E-state index contributed by atoms with van der Waals surface area (Å²) in [7, 11) is 0. The average Bonchev–Trinajstić information content (AvgIpc) is 1.81. The quantitative estimate of drug-likeness (QED) is 0.686. The molecule has 0 bridgehead atoms. The third-order valence-electron chi connectivity index (χ3n) is 1.27. The van der Waals surface area contributed by atoms with Crippen molar-refractivity contribution < 1.29 is 14.3 Å². The summed E-state index contributed by atoms with van der Waals surface area (Å²) in [6.45, 7) is 0. The van der Waals surface area contributed by atoms with Crippen LogP contribution in [-0.2, 0) is 11.2 Å². The van der Waals surface area contributed by atoms with Crippen molar-refractivity contribution >= 4 is 17.6 Å². The van der Waals surface area contributed by atoms with Gasteiger partial charge >= 0.3 is 0 Å². The zero-order valence-corrected chi connectivity index (χ0v) is 6.77. The van der Waals surface area contributed by atoms with Crippen LogP contribution in [0.5, 0.6) is 0 Å². The summed E-state index contributed by atoms with van der Waals surface area (Å²) >= 11 is 5.48. The smallest absolute Gasteiger partial charge is 0.124 e. The number of halogens is 2. The van der Waals surface area contributed by atoms with E-state index in [0.29, 0.717) is 5.56 Å². The molecule has 0 atom stereocenters. The monoisotopic (exact) mass is 187 g/mol. The third-order valence-corrected chi connectivity index (χ3v) is 1.49. The molecule has 0 amide bonds. The van der Waals surface area contributed by atoms with Crippen LogP contribution >= 0.6 is 11.6 Å². The lowest BCUT2D eigenvalue weighted by Gasteiger charge is -2.02. The molecule has 0 fully saturated rings. The number of carbonyl (C=O) groups is 1. The predicted molar refractivity (Wildman–Crippen MR) is 40.1 cm³/mol. The summed E-state index contributed by atoms with van der Waals surface area (Å²) in [4.78, 5) is 10.1. The van der Waals surface area contributed by atoms with Gasteiger partial charge in [0.1, 0.15) is 5.82 Å². The molecule has 0 saturated carbocycles. The van der Waals surface area contributed by atoms with Gasteiger partial charge in [-0.1, -0.05) is 11.6 Å². The van der Waals surface area contributed by atoms with Crippen LogP contribution in [0.3, 0.4) is 0 Å². The molecule has 0 aliphatic carbocycles. The molecule has 1 aromatic carbocycles. The van der Waals surface area contributed by atoms with Gasteiger partial charge in [-0.3, -0.25) is 0 Å². The van der Waals surface area contributed by atoms with Crippen molar-refractivity contribution in [2.24, 2.45) is 0 Å². The second kappa shape index (κ2) is 3.54. The summed E-state index contributed by atoms with van der Waals surface area (Å²) in [5.41, 5.74) is 0.306. The molecule has 0 spiro atoms. The highest BCUT2D eigenvalue weighted by Crippen LogP contribution is 2.14. The highest BCUT2D eigenvalue weighted by molar-refractivity contribution is 6.30. The molecule has 0 aliphatic heterocycles. The Morgan fingerprint density at radius 1 is 1.50 bits per heavy atom. The van der Waals surface area contributed by atoms with Crippen molar-refractivity contribution in [1.29, 1.82) is 0 Å². The van der Waals surface area contributed by atoms with Crippen molar-refractivity contribution in [3.63, 3.8) is 0 Å². The predicted octanol–water partition coefficient (Wildman–Crippen LogP) is 0.771. The van der Waals surface area contributed by atoms with E-state index in [0.717, 1.165) is 12.1 Å². The van der Waals surface area contributed by atoms with Gasteiger partial charge in [0.25, 0.3) is 0 Å². The standard InChI is InChI=1S/C8H6ClFO2/c9-6-1-5(3-8(11)12)2-7(10)4-6/h1-2,4H,3H2,(H,11,12)/p-1. The number of carboxylic acid groups (broad SMARTS) is 1. The second-order valence-electron chi connectivity index (χ2n) is 2.33. The van der Waals surface area contributed by atoms with E-state index in [2.05, 4.69) is 0 Å². The number of hydrogen-bond acceptors (Lipinski definition) is 2. The van der Waals surface area contributed by atoms with Crippen molar-refractivity contribution in [3.8, 4) is 0 Å². The first-order valence-electron chi connectivity index (χ1n) is 3.23. The van der Waals surface area contributed by atoms with Gasteiger partial charge in [-0.2, -0.15) is 0 Å². The fourth-order valence-electron chi connectivity index (χ4n) is 0.880. The van der Waals surface area contributed by atoms with Crippen LogP contribution in [0.4, 0.5) is 4.39 Å². The van der Waals surface area contributed by atoms with Gasteiger partial charge in [0.15, 0.2) is 0 Å². The third kappa shape index (κ3) is 2.51. The maximum absolute atomic E-state index is 12.6. The Morgan fingerprint density at radius 2 is 2.17 bits per heavy atom. The lowest BCUT2D eigenvalue weighted by atomic mass is 10.1. The number of carboxylic acids is 1. The summed E-state index contributed by atoms with van der Waals surface area (Å²) in [6, 6.07) is 3.61. The zero-order chi connectivity index (χ0) is 9.14. The van der Waals surface area contributed by atoms with Crippen molar-refractivity contribution in [1.82, 2.24) is 0 Å².